The summed E-state index contributed by atoms with van der Waals surface area (Å²) >= 11 is 0. The second-order valence-electron chi connectivity index (χ2n) is 3.07. The zero-order valence-electron chi connectivity index (χ0n) is 7.94. The van der Waals surface area contributed by atoms with E-state index in [4.69, 9.17) is 5.73 Å². The van der Waals surface area contributed by atoms with Gasteiger partial charge in [-0.25, -0.2) is 0 Å². The minimum absolute atomic E-state index is 0.558. The van der Waals surface area contributed by atoms with E-state index in [2.05, 4.69) is 20.4 Å². The lowest BCUT2D eigenvalue weighted by atomic mass is 10.4. The van der Waals surface area contributed by atoms with Crippen molar-refractivity contribution in [3.05, 3.63) is 23.9 Å². The Hall–Kier alpha value is -1.69. The van der Waals surface area contributed by atoms with Gasteiger partial charge in [0, 0.05) is 18.2 Å². The zero-order chi connectivity index (χ0) is 9.97. The standard InChI is InChI=1S/C8H12N6/c1-6-4-8(13-11-6)14-5-10-12-7(14)2-3-9/h4-5H,2-3,9H2,1H3,(H,11,13). The maximum absolute atomic E-state index is 5.46. The van der Waals surface area contributed by atoms with E-state index < -0.39 is 0 Å². The molecular weight excluding hydrogens is 180 g/mol. The van der Waals surface area contributed by atoms with Crippen LogP contribution in [0.2, 0.25) is 0 Å². The van der Waals surface area contributed by atoms with Crippen LogP contribution in [0.5, 0.6) is 0 Å². The second kappa shape index (κ2) is 3.59. The van der Waals surface area contributed by atoms with Crippen molar-refractivity contribution in [2.24, 2.45) is 5.73 Å². The Kier molecular flexibility index (Phi) is 2.28. The average molecular weight is 192 g/mol. The maximum Gasteiger partial charge on any atom is 0.161 e. The molecule has 2 aromatic rings. The first-order chi connectivity index (χ1) is 6.81. The molecule has 0 aliphatic carbocycles. The average Bonchev–Trinajstić information content (AvgIpc) is 2.74. The predicted molar refractivity (Wildman–Crippen MR) is 51.0 cm³/mol. The number of hydrogen-bond donors (Lipinski definition) is 2. The third kappa shape index (κ3) is 1.51. The SMILES string of the molecule is Cc1cc(-n2cnnc2CCN)n[nH]1. The Morgan fingerprint density at radius 2 is 2.43 bits per heavy atom. The van der Waals surface area contributed by atoms with Gasteiger partial charge < -0.3 is 5.73 Å². The highest BCUT2D eigenvalue weighted by Gasteiger charge is 2.07. The fourth-order valence-corrected chi connectivity index (χ4v) is 1.28. The van der Waals surface area contributed by atoms with Crippen LogP contribution in [0.3, 0.4) is 0 Å². The molecule has 0 amide bonds. The summed E-state index contributed by atoms with van der Waals surface area (Å²) in [5, 5.41) is 14.8. The molecule has 6 heteroatoms. The number of H-pyrrole nitrogens is 1. The van der Waals surface area contributed by atoms with E-state index in [1.807, 2.05) is 17.6 Å². The van der Waals surface area contributed by atoms with E-state index in [1.54, 1.807) is 6.33 Å². The van der Waals surface area contributed by atoms with Crippen LogP contribution >= 0.6 is 0 Å². The quantitative estimate of drug-likeness (QED) is 0.705. The van der Waals surface area contributed by atoms with Crippen LogP contribution in [0.4, 0.5) is 0 Å². The van der Waals surface area contributed by atoms with Crippen molar-refractivity contribution in [2.45, 2.75) is 13.3 Å². The van der Waals surface area contributed by atoms with E-state index in [0.717, 1.165) is 17.3 Å². The summed E-state index contributed by atoms with van der Waals surface area (Å²) in [4.78, 5) is 0. The maximum atomic E-state index is 5.46. The molecule has 6 nitrogen and oxygen atoms in total. The normalized spacial score (nSPS) is 10.7. The molecule has 0 atom stereocenters. The monoisotopic (exact) mass is 192 g/mol. The van der Waals surface area contributed by atoms with E-state index in [9.17, 15) is 0 Å². The Labute approximate surface area is 81.1 Å². The third-order valence-corrected chi connectivity index (χ3v) is 1.93. The molecule has 0 unspecified atom stereocenters. The van der Waals surface area contributed by atoms with Crippen molar-refractivity contribution in [3.8, 4) is 5.82 Å². The van der Waals surface area contributed by atoms with Crippen molar-refractivity contribution in [1.29, 1.82) is 0 Å². The number of nitrogens with one attached hydrogen (secondary N) is 1. The fourth-order valence-electron chi connectivity index (χ4n) is 1.28. The highest BCUT2D eigenvalue weighted by molar-refractivity contribution is 5.24. The Bertz CT molecular complexity index is 415. The van der Waals surface area contributed by atoms with Gasteiger partial charge in [0.25, 0.3) is 0 Å². The number of aryl methyl sites for hydroxylation is 1. The molecule has 0 radical (unpaired) electrons. The van der Waals surface area contributed by atoms with Gasteiger partial charge in [-0.2, -0.15) is 5.10 Å². The molecule has 0 spiro atoms. The first kappa shape index (κ1) is 8.89. The summed E-state index contributed by atoms with van der Waals surface area (Å²) in [5.41, 5.74) is 6.47. The van der Waals surface area contributed by atoms with E-state index in [1.165, 1.54) is 0 Å². The van der Waals surface area contributed by atoms with Gasteiger partial charge in [0.05, 0.1) is 0 Å². The van der Waals surface area contributed by atoms with Crippen LogP contribution in [0.1, 0.15) is 11.5 Å². The van der Waals surface area contributed by atoms with Gasteiger partial charge in [0.1, 0.15) is 12.2 Å². The van der Waals surface area contributed by atoms with Crippen molar-refractivity contribution in [3.63, 3.8) is 0 Å². The van der Waals surface area contributed by atoms with Crippen LogP contribution in [-0.2, 0) is 6.42 Å². The van der Waals surface area contributed by atoms with Gasteiger partial charge in [-0.1, -0.05) is 0 Å². The molecule has 0 fully saturated rings. The smallest absolute Gasteiger partial charge is 0.161 e. The minimum atomic E-state index is 0.558. The Morgan fingerprint density at radius 1 is 1.57 bits per heavy atom. The summed E-state index contributed by atoms with van der Waals surface area (Å²) in [7, 11) is 0. The van der Waals surface area contributed by atoms with Gasteiger partial charge in [-0.05, 0) is 13.5 Å². The van der Waals surface area contributed by atoms with Gasteiger partial charge >= 0.3 is 0 Å². The fraction of sp³-hybridized carbons (Fsp3) is 0.375. The van der Waals surface area contributed by atoms with Gasteiger partial charge in [0.2, 0.25) is 0 Å². The summed E-state index contributed by atoms with van der Waals surface area (Å²) in [5.74, 6) is 1.63. The lowest BCUT2D eigenvalue weighted by Gasteiger charge is -1.99. The lowest BCUT2D eigenvalue weighted by molar-refractivity contribution is 0.814. The molecule has 0 bridgehead atoms. The molecule has 0 aliphatic heterocycles. The predicted octanol–water partition coefficient (Wildman–Crippen LogP) is -0.200. The van der Waals surface area contributed by atoms with Crippen molar-refractivity contribution < 1.29 is 0 Å². The summed E-state index contributed by atoms with van der Waals surface area (Å²) in [6.07, 6.45) is 2.34. The first-order valence-corrected chi connectivity index (χ1v) is 4.42. The summed E-state index contributed by atoms with van der Waals surface area (Å²) in [6, 6.07) is 1.93. The van der Waals surface area contributed by atoms with Crippen LogP contribution in [0.15, 0.2) is 12.4 Å². The number of nitrogens with two attached hydrogens (primary N) is 1. The second-order valence-corrected chi connectivity index (χ2v) is 3.07. The van der Waals surface area contributed by atoms with Crippen molar-refractivity contribution in [1.82, 2.24) is 25.0 Å². The molecule has 3 N–H and O–H groups in total. The number of aromatic amines is 1. The van der Waals surface area contributed by atoms with Gasteiger partial charge in [-0.15, -0.1) is 10.2 Å². The van der Waals surface area contributed by atoms with Gasteiger partial charge in [-0.3, -0.25) is 9.67 Å². The minimum Gasteiger partial charge on any atom is -0.330 e. The molecule has 2 aromatic heterocycles. The molecular formula is C8H12N6. The molecule has 14 heavy (non-hydrogen) atoms. The number of nitrogens with zero attached hydrogens (tertiary/aromatic N) is 4. The molecule has 2 rings (SSSR count). The van der Waals surface area contributed by atoms with E-state index >= 15 is 0 Å². The first-order valence-electron chi connectivity index (χ1n) is 4.42. The third-order valence-electron chi connectivity index (χ3n) is 1.93. The highest BCUT2D eigenvalue weighted by Crippen LogP contribution is 2.07. The topological polar surface area (TPSA) is 85.4 Å². The van der Waals surface area contributed by atoms with Crippen molar-refractivity contribution in [2.75, 3.05) is 6.54 Å². The molecule has 74 valence electrons. The van der Waals surface area contributed by atoms with E-state index in [0.29, 0.717) is 13.0 Å². The molecule has 0 aliphatic rings. The molecule has 0 aromatic carbocycles. The van der Waals surface area contributed by atoms with Gasteiger partial charge in [0.15, 0.2) is 5.82 Å². The lowest BCUT2D eigenvalue weighted by Crippen LogP contribution is -2.08. The zero-order valence-corrected chi connectivity index (χ0v) is 7.94. The molecule has 2 heterocycles. The van der Waals surface area contributed by atoms with Crippen LogP contribution in [0, 0.1) is 6.92 Å². The van der Waals surface area contributed by atoms with Crippen molar-refractivity contribution >= 4 is 0 Å². The van der Waals surface area contributed by atoms with Crippen LogP contribution in [-0.4, -0.2) is 31.5 Å². The molecule has 0 saturated heterocycles. The van der Waals surface area contributed by atoms with Crippen LogP contribution < -0.4 is 5.73 Å². The summed E-state index contributed by atoms with van der Waals surface area (Å²) < 4.78 is 1.83. The number of hydrogen-bond acceptors (Lipinski definition) is 4. The number of aromatic nitrogens is 5. The largest absolute Gasteiger partial charge is 0.330 e. The molecule has 0 saturated carbocycles. The Balaban J connectivity index is 2.36. The Morgan fingerprint density at radius 3 is 3.07 bits per heavy atom. The summed E-state index contributed by atoms with van der Waals surface area (Å²) in [6.45, 7) is 2.51. The van der Waals surface area contributed by atoms with Crippen LogP contribution in [0.25, 0.3) is 5.82 Å². The van der Waals surface area contributed by atoms with E-state index in [-0.39, 0.29) is 0 Å². The number of rotatable bonds is 3. The highest BCUT2D eigenvalue weighted by atomic mass is 15.3.